The van der Waals surface area contributed by atoms with Gasteiger partial charge in [0, 0.05) is 18.0 Å². The fourth-order valence-corrected chi connectivity index (χ4v) is 6.71. The number of alkyl carbamates (subject to hydrolysis) is 1. The molecule has 3 amide bonds. The lowest BCUT2D eigenvalue weighted by atomic mass is 10.0. The third kappa shape index (κ3) is 7.50. The number of carbonyl (C=O) groups is 4. The van der Waals surface area contributed by atoms with Crippen LogP contribution in [-0.4, -0.2) is 76.6 Å². The molecular formula is C34H46N4O7. The molecule has 45 heavy (non-hydrogen) atoms. The minimum absolute atomic E-state index is 0.0614. The number of rotatable bonds is 5. The van der Waals surface area contributed by atoms with E-state index in [1.165, 1.54) is 11.8 Å². The average molecular weight is 623 g/mol. The van der Waals surface area contributed by atoms with Crippen LogP contribution in [0, 0.1) is 5.92 Å². The minimum Gasteiger partial charge on any atom is -0.497 e. The molecule has 1 aromatic heterocycles. The Morgan fingerprint density at radius 1 is 1.07 bits per heavy atom. The molecule has 3 heterocycles. The zero-order chi connectivity index (χ0) is 32.4. The standard InChI is InChI=1S/C34H46N4O7/c1-21(39)34-19-23(34)11-9-7-6-8-10-12-27(36-32(42)45-33(2,3)4)31(41)38-20-25(18-28(38)29(40)37-34)44-30-26-14-13-24(43-5)17-22(26)15-16-35-30/h13-17,23,25,27-28H,6-12,18-20H2,1-5H3,(H,36,42)(H,37,40)/t23-,25-,27+,28+,34+/m1/s1. The molecule has 5 atom stereocenters. The van der Waals surface area contributed by atoms with Crippen LogP contribution < -0.4 is 20.1 Å². The van der Waals surface area contributed by atoms with Crippen LogP contribution in [0.3, 0.4) is 0 Å². The van der Waals surface area contributed by atoms with Crippen LogP contribution in [-0.2, 0) is 19.1 Å². The van der Waals surface area contributed by atoms with E-state index in [9.17, 15) is 19.2 Å². The van der Waals surface area contributed by atoms with E-state index in [0.29, 0.717) is 24.5 Å². The second-order valence-electron chi connectivity index (χ2n) is 13.6. The maximum Gasteiger partial charge on any atom is 0.408 e. The third-order valence-corrected chi connectivity index (χ3v) is 9.18. The molecule has 3 aliphatic rings. The highest BCUT2D eigenvalue weighted by molar-refractivity contribution is 5.98. The molecular weight excluding hydrogens is 576 g/mol. The first-order valence-corrected chi connectivity index (χ1v) is 16.1. The summed E-state index contributed by atoms with van der Waals surface area (Å²) >= 11 is 0. The molecule has 11 heteroatoms. The average Bonchev–Trinajstić information content (AvgIpc) is 3.51. The summed E-state index contributed by atoms with van der Waals surface area (Å²) in [4.78, 5) is 59.8. The van der Waals surface area contributed by atoms with E-state index in [-0.39, 0.29) is 36.5 Å². The van der Waals surface area contributed by atoms with Gasteiger partial charge >= 0.3 is 6.09 Å². The van der Waals surface area contributed by atoms with Gasteiger partial charge in [-0.15, -0.1) is 0 Å². The number of methoxy groups -OCH3 is 1. The van der Waals surface area contributed by atoms with E-state index in [0.717, 1.165) is 49.3 Å². The molecule has 11 nitrogen and oxygen atoms in total. The molecule has 1 aromatic carbocycles. The predicted molar refractivity (Wildman–Crippen MR) is 168 cm³/mol. The molecule has 2 N–H and O–H groups in total. The van der Waals surface area contributed by atoms with Gasteiger partial charge < -0.3 is 29.7 Å². The van der Waals surface area contributed by atoms with Crippen LogP contribution in [0.5, 0.6) is 11.6 Å². The number of nitrogens with one attached hydrogen (secondary N) is 2. The Balaban J connectivity index is 1.43. The lowest BCUT2D eigenvalue weighted by Gasteiger charge is -2.30. The van der Waals surface area contributed by atoms with Gasteiger partial charge in [-0.3, -0.25) is 14.4 Å². The van der Waals surface area contributed by atoms with Gasteiger partial charge in [0.05, 0.1) is 13.7 Å². The maximum absolute atomic E-state index is 14.2. The van der Waals surface area contributed by atoms with Crippen molar-refractivity contribution >= 4 is 34.5 Å². The van der Waals surface area contributed by atoms with Gasteiger partial charge in [0.1, 0.15) is 35.1 Å². The van der Waals surface area contributed by atoms with Gasteiger partial charge in [-0.25, -0.2) is 9.78 Å². The van der Waals surface area contributed by atoms with Gasteiger partial charge in [0.25, 0.3) is 0 Å². The molecule has 1 aliphatic carbocycles. The molecule has 2 saturated heterocycles. The van der Waals surface area contributed by atoms with Crippen molar-refractivity contribution in [2.24, 2.45) is 5.92 Å². The Bertz CT molecular complexity index is 1440. The van der Waals surface area contributed by atoms with Gasteiger partial charge in [0.2, 0.25) is 17.7 Å². The molecule has 1 saturated carbocycles. The summed E-state index contributed by atoms with van der Waals surface area (Å²) in [6.45, 7) is 6.94. The predicted octanol–water partition coefficient (Wildman–Crippen LogP) is 4.69. The zero-order valence-corrected chi connectivity index (χ0v) is 27.0. The fraction of sp³-hybridized carbons (Fsp3) is 0.618. The number of ether oxygens (including phenoxy) is 3. The molecule has 0 unspecified atom stereocenters. The number of fused-ring (bicyclic) bond motifs is 3. The summed E-state index contributed by atoms with van der Waals surface area (Å²) in [5.74, 6) is 0.376. The molecule has 3 fully saturated rings. The zero-order valence-electron chi connectivity index (χ0n) is 27.0. The van der Waals surface area contributed by atoms with Crippen LogP contribution in [0.15, 0.2) is 30.5 Å². The van der Waals surface area contributed by atoms with Gasteiger partial charge in [-0.2, -0.15) is 0 Å². The molecule has 5 rings (SSSR count). The Morgan fingerprint density at radius 2 is 1.80 bits per heavy atom. The van der Waals surface area contributed by atoms with Crippen LogP contribution >= 0.6 is 0 Å². The first-order chi connectivity index (χ1) is 21.4. The second kappa shape index (κ2) is 13.2. The quantitative estimate of drug-likeness (QED) is 0.490. The number of hydrogen-bond donors (Lipinski definition) is 2. The van der Waals surface area contributed by atoms with E-state index in [4.69, 9.17) is 14.2 Å². The number of Topliss-reactive ketones (excluding diaryl/α,β-unsaturated/α-hetero) is 1. The first kappa shape index (κ1) is 32.5. The monoisotopic (exact) mass is 622 g/mol. The SMILES string of the molecule is COc1ccc2c(O[C@@H]3C[C@H]4C(=O)N[C@]5(C(C)=O)C[C@H]5CCCCCCC[C@H](NC(=O)OC(C)(C)C)C(=O)N4C3)nccc2c1. The van der Waals surface area contributed by atoms with Crippen LogP contribution in [0.1, 0.15) is 85.5 Å². The second-order valence-corrected chi connectivity index (χ2v) is 13.6. The number of amides is 3. The van der Waals surface area contributed by atoms with E-state index < -0.39 is 35.4 Å². The maximum atomic E-state index is 14.2. The fourth-order valence-electron chi connectivity index (χ4n) is 6.71. The Kier molecular flexibility index (Phi) is 9.55. The summed E-state index contributed by atoms with van der Waals surface area (Å²) < 4.78 is 17.2. The summed E-state index contributed by atoms with van der Waals surface area (Å²) in [7, 11) is 1.60. The highest BCUT2D eigenvalue weighted by Crippen LogP contribution is 2.48. The summed E-state index contributed by atoms with van der Waals surface area (Å²) in [6, 6.07) is 5.68. The topological polar surface area (TPSA) is 136 Å². The first-order valence-electron chi connectivity index (χ1n) is 16.1. The lowest BCUT2D eigenvalue weighted by molar-refractivity contribution is -0.141. The Labute approximate surface area is 264 Å². The molecule has 244 valence electrons. The number of carbonyl (C=O) groups excluding carboxylic acids is 4. The minimum atomic E-state index is -0.894. The van der Waals surface area contributed by atoms with Crippen molar-refractivity contribution in [2.45, 2.75) is 115 Å². The van der Waals surface area contributed by atoms with Crippen molar-refractivity contribution in [1.29, 1.82) is 0 Å². The molecule has 0 radical (unpaired) electrons. The Morgan fingerprint density at radius 3 is 2.51 bits per heavy atom. The van der Waals surface area contributed by atoms with E-state index >= 15 is 0 Å². The third-order valence-electron chi connectivity index (χ3n) is 9.18. The van der Waals surface area contributed by atoms with E-state index in [1.54, 1.807) is 34.1 Å². The van der Waals surface area contributed by atoms with Crippen LogP contribution in [0.2, 0.25) is 0 Å². The van der Waals surface area contributed by atoms with Crippen molar-refractivity contribution in [1.82, 2.24) is 20.5 Å². The number of hydrogen-bond acceptors (Lipinski definition) is 8. The molecule has 2 aliphatic heterocycles. The van der Waals surface area contributed by atoms with Gasteiger partial charge in [-0.05, 0) is 82.5 Å². The highest BCUT2D eigenvalue weighted by Gasteiger charge is 2.59. The van der Waals surface area contributed by atoms with Crippen molar-refractivity contribution in [3.05, 3.63) is 30.5 Å². The van der Waals surface area contributed by atoms with Crippen LogP contribution in [0.4, 0.5) is 4.79 Å². The Hall–Kier alpha value is -3.89. The smallest absolute Gasteiger partial charge is 0.408 e. The largest absolute Gasteiger partial charge is 0.497 e. The van der Waals surface area contributed by atoms with E-state index in [1.807, 2.05) is 24.3 Å². The molecule has 2 aromatic rings. The number of nitrogens with zero attached hydrogens (tertiary/aromatic N) is 2. The molecule has 0 bridgehead atoms. The van der Waals surface area contributed by atoms with Crippen molar-refractivity contribution in [2.75, 3.05) is 13.7 Å². The molecule has 0 spiro atoms. The van der Waals surface area contributed by atoms with Crippen molar-refractivity contribution < 1.29 is 33.4 Å². The van der Waals surface area contributed by atoms with Crippen molar-refractivity contribution in [3.63, 3.8) is 0 Å². The number of ketones is 1. The highest BCUT2D eigenvalue weighted by atomic mass is 16.6. The summed E-state index contributed by atoms with van der Waals surface area (Å²) in [6.07, 6.45) is 7.16. The summed E-state index contributed by atoms with van der Waals surface area (Å²) in [5.41, 5.74) is -1.63. The number of aromatic nitrogens is 1. The normalized spacial score (nSPS) is 27.7. The number of benzene rings is 1. The van der Waals surface area contributed by atoms with Crippen molar-refractivity contribution in [3.8, 4) is 11.6 Å². The van der Waals surface area contributed by atoms with Crippen LogP contribution in [0.25, 0.3) is 10.8 Å². The van der Waals surface area contributed by atoms with Gasteiger partial charge in [-0.1, -0.05) is 32.1 Å². The van der Waals surface area contributed by atoms with E-state index in [2.05, 4.69) is 15.6 Å². The van der Waals surface area contributed by atoms with Gasteiger partial charge in [0.15, 0.2) is 5.78 Å². The summed E-state index contributed by atoms with van der Waals surface area (Å²) in [5, 5.41) is 7.50. The lowest BCUT2D eigenvalue weighted by Crippen LogP contribution is -2.56. The number of pyridine rings is 1.